The highest BCUT2D eigenvalue weighted by molar-refractivity contribution is 5.57. The van der Waals surface area contributed by atoms with E-state index in [9.17, 15) is 4.39 Å². The molecule has 0 unspecified atom stereocenters. The van der Waals surface area contributed by atoms with Crippen molar-refractivity contribution in [2.24, 2.45) is 0 Å². The van der Waals surface area contributed by atoms with E-state index in [0.717, 1.165) is 38.0 Å². The largest absolute Gasteiger partial charge is 0.396 e. The fraction of sp³-hybridized carbons (Fsp3) is 0.500. The molecule has 1 aromatic rings. The Kier molecular flexibility index (Phi) is 3.21. The van der Waals surface area contributed by atoms with Gasteiger partial charge >= 0.3 is 0 Å². The first-order valence-electron chi connectivity index (χ1n) is 5.45. The van der Waals surface area contributed by atoms with Gasteiger partial charge in [0, 0.05) is 25.4 Å². The molecule has 0 saturated carbocycles. The molecule has 0 bridgehead atoms. The van der Waals surface area contributed by atoms with Crippen LogP contribution in [0.2, 0.25) is 0 Å². The maximum atomic E-state index is 13.1. The third-order valence-corrected chi connectivity index (χ3v) is 2.88. The SMILES string of the molecule is OCCCCN1CCc2ccc(F)cc21. The average molecular weight is 209 g/mol. The van der Waals surface area contributed by atoms with Gasteiger partial charge in [0.15, 0.2) is 0 Å². The number of hydrogen-bond acceptors (Lipinski definition) is 2. The van der Waals surface area contributed by atoms with E-state index in [1.807, 2.05) is 6.07 Å². The quantitative estimate of drug-likeness (QED) is 0.766. The molecule has 1 aromatic carbocycles. The van der Waals surface area contributed by atoms with Crippen molar-refractivity contribution in [1.82, 2.24) is 0 Å². The van der Waals surface area contributed by atoms with Crippen molar-refractivity contribution >= 4 is 5.69 Å². The molecule has 3 heteroatoms. The molecular weight excluding hydrogens is 193 g/mol. The second kappa shape index (κ2) is 4.62. The van der Waals surface area contributed by atoms with Gasteiger partial charge in [-0.05, 0) is 37.0 Å². The Bertz CT molecular complexity index is 340. The van der Waals surface area contributed by atoms with Crippen molar-refractivity contribution in [2.75, 3.05) is 24.6 Å². The van der Waals surface area contributed by atoms with Gasteiger partial charge in [-0.3, -0.25) is 0 Å². The maximum Gasteiger partial charge on any atom is 0.125 e. The van der Waals surface area contributed by atoms with E-state index in [1.54, 1.807) is 6.07 Å². The molecule has 2 nitrogen and oxygen atoms in total. The number of rotatable bonds is 4. The second-order valence-electron chi connectivity index (χ2n) is 3.94. The van der Waals surface area contributed by atoms with Crippen LogP contribution in [0, 0.1) is 5.82 Å². The first-order valence-corrected chi connectivity index (χ1v) is 5.45. The van der Waals surface area contributed by atoms with Gasteiger partial charge in [-0.25, -0.2) is 4.39 Å². The van der Waals surface area contributed by atoms with E-state index in [2.05, 4.69) is 4.90 Å². The number of nitrogens with zero attached hydrogens (tertiary/aromatic N) is 1. The number of benzene rings is 1. The molecule has 0 saturated heterocycles. The van der Waals surface area contributed by atoms with Gasteiger partial charge in [0.05, 0.1) is 0 Å². The van der Waals surface area contributed by atoms with E-state index < -0.39 is 0 Å². The summed E-state index contributed by atoms with van der Waals surface area (Å²) in [6, 6.07) is 5.01. The first kappa shape index (κ1) is 10.4. The Morgan fingerprint density at radius 1 is 1.33 bits per heavy atom. The van der Waals surface area contributed by atoms with Crippen LogP contribution < -0.4 is 4.90 Å². The summed E-state index contributed by atoms with van der Waals surface area (Å²) in [5, 5.41) is 8.70. The van der Waals surface area contributed by atoms with Crippen molar-refractivity contribution in [2.45, 2.75) is 19.3 Å². The van der Waals surface area contributed by atoms with Crippen molar-refractivity contribution in [3.05, 3.63) is 29.6 Å². The molecule has 1 N–H and O–H groups in total. The Hall–Kier alpha value is -1.09. The monoisotopic (exact) mass is 209 g/mol. The van der Waals surface area contributed by atoms with E-state index in [0.29, 0.717) is 0 Å². The van der Waals surface area contributed by atoms with Gasteiger partial charge in [0.1, 0.15) is 5.82 Å². The number of fused-ring (bicyclic) bond motifs is 1. The third-order valence-electron chi connectivity index (χ3n) is 2.88. The molecule has 15 heavy (non-hydrogen) atoms. The zero-order valence-electron chi connectivity index (χ0n) is 8.75. The van der Waals surface area contributed by atoms with Crippen LogP contribution in [0.25, 0.3) is 0 Å². The second-order valence-corrected chi connectivity index (χ2v) is 3.94. The topological polar surface area (TPSA) is 23.5 Å². The number of anilines is 1. The predicted molar refractivity (Wildman–Crippen MR) is 58.6 cm³/mol. The van der Waals surface area contributed by atoms with E-state index in [-0.39, 0.29) is 12.4 Å². The molecule has 0 atom stereocenters. The highest BCUT2D eigenvalue weighted by Crippen LogP contribution is 2.28. The number of halogens is 1. The number of hydrogen-bond donors (Lipinski definition) is 1. The standard InChI is InChI=1S/C12H16FNO/c13-11-4-3-10-5-7-14(12(10)9-11)6-1-2-8-15/h3-4,9,15H,1-2,5-8H2. The summed E-state index contributed by atoms with van der Waals surface area (Å²) in [7, 11) is 0. The molecule has 0 spiro atoms. The zero-order chi connectivity index (χ0) is 10.7. The molecule has 0 fully saturated rings. The zero-order valence-corrected chi connectivity index (χ0v) is 8.75. The summed E-state index contributed by atoms with van der Waals surface area (Å²) in [4.78, 5) is 2.20. The summed E-state index contributed by atoms with van der Waals surface area (Å²) in [5.74, 6) is -0.164. The lowest BCUT2D eigenvalue weighted by atomic mass is 10.1. The van der Waals surface area contributed by atoms with Gasteiger partial charge < -0.3 is 10.0 Å². The van der Waals surface area contributed by atoms with Gasteiger partial charge in [0.2, 0.25) is 0 Å². The van der Waals surface area contributed by atoms with Crippen LogP contribution in [-0.2, 0) is 6.42 Å². The summed E-state index contributed by atoms with van der Waals surface area (Å²) in [6.07, 6.45) is 2.79. The van der Waals surface area contributed by atoms with Crippen LogP contribution in [-0.4, -0.2) is 24.8 Å². The molecule has 0 aliphatic carbocycles. The van der Waals surface area contributed by atoms with E-state index in [1.165, 1.54) is 11.6 Å². The summed E-state index contributed by atoms with van der Waals surface area (Å²) >= 11 is 0. The minimum Gasteiger partial charge on any atom is -0.396 e. The molecule has 1 aliphatic heterocycles. The minimum absolute atomic E-state index is 0.164. The van der Waals surface area contributed by atoms with Crippen molar-refractivity contribution in [3.63, 3.8) is 0 Å². The lowest BCUT2D eigenvalue weighted by molar-refractivity contribution is 0.285. The Labute approximate surface area is 89.3 Å². The normalized spacial score (nSPS) is 14.4. The summed E-state index contributed by atoms with van der Waals surface area (Å²) in [6.45, 7) is 2.13. The van der Waals surface area contributed by atoms with Crippen LogP contribution in [0.3, 0.4) is 0 Å². The molecule has 0 amide bonds. The summed E-state index contributed by atoms with van der Waals surface area (Å²) < 4.78 is 13.1. The smallest absolute Gasteiger partial charge is 0.125 e. The van der Waals surface area contributed by atoms with Gasteiger partial charge in [-0.1, -0.05) is 6.07 Å². The minimum atomic E-state index is -0.164. The van der Waals surface area contributed by atoms with Crippen molar-refractivity contribution < 1.29 is 9.50 Å². The first-order chi connectivity index (χ1) is 7.31. The highest BCUT2D eigenvalue weighted by Gasteiger charge is 2.18. The molecule has 1 heterocycles. The molecule has 82 valence electrons. The molecule has 1 aliphatic rings. The average Bonchev–Trinajstić information content (AvgIpc) is 2.62. The van der Waals surface area contributed by atoms with E-state index >= 15 is 0 Å². The van der Waals surface area contributed by atoms with Crippen molar-refractivity contribution in [1.29, 1.82) is 0 Å². The Morgan fingerprint density at radius 2 is 2.20 bits per heavy atom. The lowest BCUT2D eigenvalue weighted by Crippen LogP contribution is -2.21. The van der Waals surface area contributed by atoms with Crippen LogP contribution in [0.5, 0.6) is 0 Å². The molecular formula is C12H16FNO. The third kappa shape index (κ3) is 2.29. The number of aliphatic hydroxyl groups is 1. The Balaban J connectivity index is 2.03. The highest BCUT2D eigenvalue weighted by atomic mass is 19.1. The predicted octanol–water partition coefficient (Wildman–Crippen LogP) is 1.96. The van der Waals surface area contributed by atoms with Gasteiger partial charge in [-0.2, -0.15) is 0 Å². The number of aliphatic hydroxyl groups excluding tert-OH is 1. The van der Waals surface area contributed by atoms with Gasteiger partial charge in [0.25, 0.3) is 0 Å². The lowest BCUT2D eigenvalue weighted by Gasteiger charge is -2.18. The number of unbranched alkanes of at least 4 members (excludes halogenated alkanes) is 1. The molecule has 0 aromatic heterocycles. The van der Waals surface area contributed by atoms with Crippen LogP contribution in [0.15, 0.2) is 18.2 Å². The molecule has 0 radical (unpaired) electrons. The Morgan fingerprint density at radius 3 is 3.00 bits per heavy atom. The van der Waals surface area contributed by atoms with E-state index in [4.69, 9.17) is 5.11 Å². The summed E-state index contributed by atoms with van der Waals surface area (Å²) in [5.41, 5.74) is 2.27. The van der Waals surface area contributed by atoms with Gasteiger partial charge in [-0.15, -0.1) is 0 Å². The maximum absolute atomic E-state index is 13.1. The fourth-order valence-electron chi connectivity index (χ4n) is 2.07. The molecule has 2 rings (SSSR count). The van der Waals surface area contributed by atoms with Crippen LogP contribution >= 0.6 is 0 Å². The van der Waals surface area contributed by atoms with Crippen LogP contribution in [0.1, 0.15) is 18.4 Å². The van der Waals surface area contributed by atoms with Crippen LogP contribution in [0.4, 0.5) is 10.1 Å². The fourth-order valence-corrected chi connectivity index (χ4v) is 2.07. The van der Waals surface area contributed by atoms with Crippen molar-refractivity contribution in [3.8, 4) is 0 Å².